The number of aliphatic hydroxyl groups excluding tert-OH is 1. The van der Waals surface area contributed by atoms with Crippen LogP contribution in [0.5, 0.6) is 0 Å². The molecule has 0 aromatic carbocycles. The Bertz CT molecular complexity index is 235. The van der Waals surface area contributed by atoms with E-state index in [0.717, 1.165) is 25.8 Å². The monoisotopic (exact) mass is 228 g/mol. The maximum Gasteiger partial charge on any atom is 0.242 e. The van der Waals surface area contributed by atoms with E-state index >= 15 is 0 Å². The summed E-state index contributed by atoms with van der Waals surface area (Å²) in [7, 11) is 0. The molecule has 1 aliphatic rings. The first kappa shape index (κ1) is 13.5. The summed E-state index contributed by atoms with van der Waals surface area (Å²) >= 11 is 0. The zero-order valence-electron chi connectivity index (χ0n) is 10.6. The zero-order chi connectivity index (χ0) is 12.2. The number of nitrogens with zero attached hydrogens (tertiary/aromatic N) is 1. The third-order valence-electron chi connectivity index (χ3n) is 3.32. The average Bonchev–Trinajstić information content (AvgIpc) is 2.25. The lowest BCUT2D eigenvalue weighted by molar-refractivity contribution is -0.141. The SMILES string of the molecule is CC(C)N(CCO)C(=O)C1(C)CCCCN1. The van der Waals surface area contributed by atoms with Gasteiger partial charge in [-0.05, 0) is 46.6 Å². The van der Waals surface area contributed by atoms with Crippen LogP contribution < -0.4 is 5.32 Å². The van der Waals surface area contributed by atoms with Crippen LogP contribution in [0.3, 0.4) is 0 Å². The maximum absolute atomic E-state index is 12.4. The average molecular weight is 228 g/mol. The van der Waals surface area contributed by atoms with Crippen molar-refractivity contribution in [1.29, 1.82) is 0 Å². The van der Waals surface area contributed by atoms with Gasteiger partial charge < -0.3 is 15.3 Å². The second kappa shape index (κ2) is 5.64. The van der Waals surface area contributed by atoms with Gasteiger partial charge in [0.05, 0.1) is 12.1 Å². The number of carbonyl (C=O) groups is 1. The molecule has 0 aliphatic carbocycles. The zero-order valence-corrected chi connectivity index (χ0v) is 10.6. The highest BCUT2D eigenvalue weighted by Gasteiger charge is 2.37. The number of hydrogen-bond acceptors (Lipinski definition) is 3. The topological polar surface area (TPSA) is 52.6 Å². The van der Waals surface area contributed by atoms with Gasteiger partial charge in [-0.15, -0.1) is 0 Å². The quantitative estimate of drug-likeness (QED) is 0.746. The lowest BCUT2D eigenvalue weighted by Crippen LogP contribution is -2.59. The van der Waals surface area contributed by atoms with Gasteiger partial charge in [0.1, 0.15) is 0 Å². The van der Waals surface area contributed by atoms with Crippen molar-refractivity contribution in [2.45, 2.75) is 51.6 Å². The van der Waals surface area contributed by atoms with Crippen molar-refractivity contribution in [2.24, 2.45) is 0 Å². The minimum atomic E-state index is -0.433. The predicted molar refractivity (Wildman–Crippen MR) is 64.2 cm³/mol. The molecule has 4 heteroatoms. The summed E-state index contributed by atoms with van der Waals surface area (Å²) in [5.74, 6) is 0.122. The highest BCUT2D eigenvalue weighted by atomic mass is 16.3. The molecular weight excluding hydrogens is 204 g/mol. The van der Waals surface area contributed by atoms with Crippen LogP contribution in [0.15, 0.2) is 0 Å². The molecule has 1 unspecified atom stereocenters. The van der Waals surface area contributed by atoms with Crippen LogP contribution in [0, 0.1) is 0 Å². The molecule has 0 saturated carbocycles. The highest BCUT2D eigenvalue weighted by Crippen LogP contribution is 2.22. The molecule has 1 fully saturated rings. The summed E-state index contributed by atoms with van der Waals surface area (Å²) in [4.78, 5) is 14.2. The van der Waals surface area contributed by atoms with Crippen molar-refractivity contribution >= 4 is 5.91 Å². The minimum absolute atomic E-state index is 0.0278. The van der Waals surface area contributed by atoms with E-state index < -0.39 is 5.54 Å². The molecule has 0 radical (unpaired) electrons. The van der Waals surface area contributed by atoms with E-state index in [1.165, 1.54) is 0 Å². The van der Waals surface area contributed by atoms with Crippen molar-refractivity contribution in [3.8, 4) is 0 Å². The molecule has 2 N–H and O–H groups in total. The van der Waals surface area contributed by atoms with Gasteiger partial charge in [-0.1, -0.05) is 0 Å². The molecule has 4 nitrogen and oxygen atoms in total. The molecule has 0 spiro atoms. The number of rotatable bonds is 4. The van der Waals surface area contributed by atoms with Gasteiger partial charge in [0.25, 0.3) is 0 Å². The van der Waals surface area contributed by atoms with Gasteiger partial charge in [0.2, 0.25) is 5.91 Å². The van der Waals surface area contributed by atoms with Gasteiger partial charge in [-0.3, -0.25) is 4.79 Å². The Morgan fingerprint density at radius 2 is 2.19 bits per heavy atom. The molecule has 0 aromatic rings. The standard InChI is InChI=1S/C12H24N2O2/c1-10(2)14(8-9-15)11(16)12(3)6-4-5-7-13-12/h10,13,15H,4-9H2,1-3H3. The Kier molecular flexibility index (Phi) is 4.74. The Balaban J connectivity index is 2.72. The normalized spacial score (nSPS) is 25.8. The van der Waals surface area contributed by atoms with Crippen LogP contribution in [0.1, 0.15) is 40.0 Å². The fourth-order valence-corrected chi connectivity index (χ4v) is 2.26. The van der Waals surface area contributed by atoms with E-state index in [1.807, 2.05) is 20.8 Å². The first-order chi connectivity index (χ1) is 7.51. The smallest absolute Gasteiger partial charge is 0.242 e. The maximum atomic E-state index is 12.4. The van der Waals surface area contributed by atoms with E-state index in [9.17, 15) is 4.79 Å². The number of hydrogen-bond donors (Lipinski definition) is 2. The minimum Gasteiger partial charge on any atom is -0.395 e. The summed E-state index contributed by atoms with van der Waals surface area (Å²) in [6.45, 7) is 7.31. The van der Waals surface area contributed by atoms with E-state index in [4.69, 9.17) is 5.11 Å². The van der Waals surface area contributed by atoms with Crippen LogP contribution in [0.25, 0.3) is 0 Å². The summed E-state index contributed by atoms with van der Waals surface area (Å²) in [5.41, 5.74) is -0.433. The Morgan fingerprint density at radius 3 is 2.62 bits per heavy atom. The molecule has 1 saturated heterocycles. The molecule has 1 amide bonds. The molecule has 0 aromatic heterocycles. The van der Waals surface area contributed by atoms with Gasteiger partial charge in [0.15, 0.2) is 0 Å². The molecule has 94 valence electrons. The van der Waals surface area contributed by atoms with Crippen LogP contribution in [0.4, 0.5) is 0 Å². The molecule has 1 rings (SSSR count). The number of aliphatic hydroxyl groups is 1. The third-order valence-corrected chi connectivity index (χ3v) is 3.32. The number of piperidine rings is 1. The van der Waals surface area contributed by atoms with Gasteiger partial charge in [-0.25, -0.2) is 0 Å². The molecule has 16 heavy (non-hydrogen) atoms. The molecular formula is C12H24N2O2. The van der Waals surface area contributed by atoms with Crippen LogP contribution in [-0.2, 0) is 4.79 Å². The first-order valence-corrected chi connectivity index (χ1v) is 6.18. The molecule has 0 bridgehead atoms. The summed E-state index contributed by atoms with van der Waals surface area (Å²) in [6.07, 6.45) is 3.13. The van der Waals surface area contributed by atoms with Crippen molar-refractivity contribution in [3.63, 3.8) is 0 Å². The summed E-state index contributed by atoms with van der Waals surface area (Å²) in [6, 6.07) is 0.139. The highest BCUT2D eigenvalue weighted by molar-refractivity contribution is 5.86. The number of nitrogens with one attached hydrogen (secondary N) is 1. The van der Waals surface area contributed by atoms with Crippen molar-refractivity contribution < 1.29 is 9.90 Å². The first-order valence-electron chi connectivity index (χ1n) is 6.18. The Labute approximate surface area is 98.0 Å². The fraction of sp³-hybridized carbons (Fsp3) is 0.917. The summed E-state index contributed by atoms with van der Waals surface area (Å²) < 4.78 is 0. The van der Waals surface area contributed by atoms with Crippen LogP contribution >= 0.6 is 0 Å². The van der Waals surface area contributed by atoms with Crippen molar-refractivity contribution in [2.75, 3.05) is 19.7 Å². The predicted octanol–water partition coefficient (Wildman–Crippen LogP) is 0.748. The second-order valence-corrected chi connectivity index (χ2v) is 5.03. The summed E-state index contributed by atoms with van der Waals surface area (Å²) in [5, 5.41) is 12.3. The van der Waals surface area contributed by atoms with Crippen LogP contribution in [0.2, 0.25) is 0 Å². The second-order valence-electron chi connectivity index (χ2n) is 5.03. The Hall–Kier alpha value is -0.610. The lowest BCUT2D eigenvalue weighted by Gasteiger charge is -2.39. The van der Waals surface area contributed by atoms with E-state index in [0.29, 0.717) is 6.54 Å². The van der Waals surface area contributed by atoms with Crippen molar-refractivity contribution in [1.82, 2.24) is 10.2 Å². The Morgan fingerprint density at radius 1 is 1.50 bits per heavy atom. The third kappa shape index (κ3) is 2.95. The number of amides is 1. The molecule has 1 atom stereocenters. The number of carbonyl (C=O) groups excluding carboxylic acids is 1. The van der Waals surface area contributed by atoms with Gasteiger partial charge >= 0.3 is 0 Å². The van der Waals surface area contributed by atoms with Crippen LogP contribution in [-0.4, -0.2) is 47.2 Å². The largest absolute Gasteiger partial charge is 0.395 e. The van der Waals surface area contributed by atoms with E-state index in [-0.39, 0.29) is 18.6 Å². The molecule has 1 heterocycles. The van der Waals surface area contributed by atoms with Crippen molar-refractivity contribution in [3.05, 3.63) is 0 Å². The lowest BCUT2D eigenvalue weighted by atomic mass is 9.89. The fourth-order valence-electron chi connectivity index (χ4n) is 2.26. The van der Waals surface area contributed by atoms with E-state index in [2.05, 4.69) is 5.32 Å². The van der Waals surface area contributed by atoms with E-state index in [1.54, 1.807) is 4.90 Å². The van der Waals surface area contributed by atoms with Gasteiger partial charge in [0, 0.05) is 12.6 Å². The molecule has 1 aliphatic heterocycles. The van der Waals surface area contributed by atoms with Gasteiger partial charge in [-0.2, -0.15) is 0 Å².